The lowest BCUT2D eigenvalue weighted by atomic mass is 9.93. The van der Waals surface area contributed by atoms with Crippen LogP contribution in [0.25, 0.3) is 0 Å². The maximum absolute atomic E-state index is 12.6. The lowest BCUT2D eigenvalue weighted by molar-refractivity contribution is -0.150. The second kappa shape index (κ2) is 9.11. The van der Waals surface area contributed by atoms with Crippen molar-refractivity contribution in [1.29, 1.82) is 0 Å². The lowest BCUT2D eigenvalue weighted by Crippen LogP contribution is -2.33. The largest absolute Gasteiger partial charge is 0.459 e. The predicted molar refractivity (Wildman–Crippen MR) is 113 cm³/mol. The second-order valence-electron chi connectivity index (χ2n) is 7.51. The number of carbonyl (C=O) groups is 1. The number of halogens is 1. The fourth-order valence-corrected chi connectivity index (χ4v) is 3.54. The molecule has 0 spiro atoms. The first-order chi connectivity index (χ1) is 14.1. The number of carbonyl (C=O) groups excluding carboxylic acids is 1. The Balaban J connectivity index is 1.47. The lowest BCUT2D eigenvalue weighted by Gasteiger charge is -2.29. The maximum atomic E-state index is 12.6. The van der Waals surface area contributed by atoms with E-state index in [0.717, 1.165) is 34.0 Å². The van der Waals surface area contributed by atoms with Gasteiger partial charge in [0.15, 0.2) is 5.76 Å². The highest BCUT2D eigenvalue weighted by Crippen LogP contribution is 2.33. The van der Waals surface area contributed by atoms with E-state index in [1.807, 2.05) is 42.5 Å². The van der Waals surface area contributed by atoms with Gasteiger partial charge in [-0.3, -0.25) is 4.79 Å². The predicted octanol–water partition coefficient (Wildman–Crippen LogP) is 4.15. The molecule has 5 nitrogen and oxygen atoms in total. The van der Waals surface area contributed by atoms with E-state index in [-0.39, 0.29) is 24.5 Å². The fraction of sp³-hybridized carbons (Fsp3) is 0.348. The number of hydrogen-bond acceptors (Lipinski definition) is 4. The summed E-state index contributed by atoms with van der Waals surface area (Å²) in [5, 5.41) is 12.2. The Morgan fingerprint density at radius 1 is 1.10 bits per heavy atom. The van der Waals surface area contributed by atoms with E-state index in [9.17, 15) is 4.79 Å². The summed E-state index contributed by atoms with van der Waals surface area (Å²) < 4.78 is 12.9. The number of ether oxygens (including phenoxy) is 2. The van der Waals surface area contributed by atoms with Crippen molar-refractivity contribution >= 4 is 21.8 Å². The summed E-state index contributed by atoms with van der Waals surface area (Å²) >= 11 is 3.47. The van der Waals surface area contributed by atoms with Crippen LogP contribution in [0.2, 0.25) is 0 Å². The molecule has 6 heteroatoms. The number of hydrogen-bond donors (Lipinski definition) is 2. The van der Waals surface area contributed by atoms with Crippen LogP contribution in [0.3, 0.4) is 0 Å². The average molecular weight is 458 g/mol. The summed E-state index contributed by atoms with van der Waals surface area (Å²) in [6, 6.07) is 16.0. The quantitative estimate of drug-likeness (QED) is 0.654. The van der Waals surface area contributed by atoms with Crippen LogP contribution in [0, 0.1) is 0 Å². The van der Waals surface area contributed by atoms with E-state index in [1.165, 1.54) is 0 Å². The molecule has 1 aliphatic carbocycles. The Bertz CT molecular complexity index is 875. The molecule has 2 aliphatic rings. The molecule has 0 aromatic heterocycles. The van der Waals surface area contributed by atoms with Gasteiger partial charge in [0, 0.05) is 22.9 Å². The average Bonchev–Trinajstić information content (AvgIpc) is 3.57. The van der Waals surface area contributed by atoms with Crippen molar-refractivity contribution in [2.45, 2.75) is 50.7 Å². The fourth-order valence-electron chi connectivity index (χ4n) is 3.27. The van der Waals surface area contributed by atoms with Crippen LogP contribution in [0.4, 0.5) is 0 Å². The molecular formula is C23H24BrNO4. The molecule has 29 heavy (non-hydrogen) atoms. The van der Waals surface area contributed by atoms with Crippen LogP contribution in [-0.2, 0) is 27.5 Å². The number of amides is 1. The zero-order chi connectivity index (χ0) is 20.2. The Labute approximate surface area is 178 Å². The van der Waals surface area contributed by atoms with Gasteiger partial charge in [0.25, 0.3) is 5.91 Å². The maximum Gasteiger partial charge on any atom is 0.286 e. The van der Waals surface area contributed by atoms with E-state index < -0.39 is 6.29 Å². The summed E-state index contributed by atoms with van der Waals surface area (Å²) in [7, 11) is 0. The molecule has 1 fully saturated rings. The van der Waals surface area contributed by atoms with Gasteiger partial charge in [-0.2, -0.15) is 0 Å². The van der Waals surface area contributed by atoms with Crippen molar-refractivity contribution in [1.82, 2.24) is 5.32 Å². The van der Waals surface area contributed by atoms with Gasteiger partial charge in [-0.15, -0.1) is 0 Å². The van der Waals surface area contributed by atoms with E-state index in [1.54, 1.807) is 0 Å². The van der Waals surface area contributed by atoms with E-state index >= 15 is 0 Å². The van der Waals surface area contributed by atoms with Crippen molar-refractivity contribution in [3.63, 3.8) is 0 Å². The zero-order valence-corrected chi connectivity index (χ0v) is 17.6. The van der Waals surface area contributed by atoms with Crippen LogP contribution in [0.15, 0.2) is 64.8 Å². The first-order valence-electron chi connectivity index (χ1n) is 9.86. The zero-order valence-electron chi connectivity index (χ0n) is 16.0. The van der Waals surface area contributed by atoms with Gasteiger partial charge >= 0.3 is 0 Å². The summed E-state index contributed by atoms with van der Waals surface area (Å²) in [5.41, 5.74) is 2.97. The van der Waals surface area contributed by atoms with E-state index in [0.29, 0.717) is 18.8 Å². The molecule has 0 radical (unpaired) electrons. The highest BCUT2D eigenvalue weighted by atomic mass is 79.9. The summed E-state index contributed by atoms with van der Waals surface area (Å²) in [6.45, 7) is 0.396. The van der Waals surface area contributed by atoms with Crippen molar-refractivity contribution in [2.24, 2.45) is 0 Å². The minimum atomic E-state index is -0.508. The molecule has 4 rings (SSSR count). The Morgan fingerprint density at radius 2 is 1.79 bits per heavy atom. The molecule has 0 saturated heterocycles. The molecule has 1 saturated carbocycles. The standard InChI is InChI=1S/C23H24BrNO4/c24-19-7-5-17(6-8-19)18-11-21(23(27)25-20-9-10-20)29-22(12-18)28-14-16-3-1-15(13-26)2-4-16/h1-8,11,18,20,22,26H,9-10,12-14H2,(H,25,27)/t18-,22+/m0/s1. The summed E-state index contributed by atoms with van der Waals surface area (Å²) in [5.74, 6) is 0.200. The van der Waals surface area contributed by atoms with Gasteiger partial charge in [-0.1, -0.05) is 52.3 Å². The smallest absolute Gasteiger partial charge is 0.286 e. The molecular weight excluding hydrogens is 434 g/mol. The van der Waals surface area contributed by atoms with Gasteiger partial charge in [0.2, 0.25) is 6.29 Å². The Kier molecular flexibility index (Phi) is 6.33. The van der Waals surface area contributed by atoms with Crippen LogP contribution in [0.1, 0.15) is 41.9 Å². The van der Waals surface area contributed by atoms with Crippen LogP contribution in [0.5, 0.6) is 0 Å². The molecule has 0 bridgehead atoms. The third kappa shape index (κ3) is 5.47. The summed E-state index contributed by atoms with van der Waals surface area (Å²) in [4.78, 5) is 12.6. The second-order valence-corrected chi connectivity index (χ2v) is 8.42. The van der Waals surface area contributed by atoms with Gasteiger partial charge in [-0.25, -0.2) is 0 Å². The van der Waals surface area contributed by atoms with Crippen LogP contribution in [-0.4, -0.2) is 23.3 Å². The Hall–Kier alpha value is -2.15. The molecule has 1 amide bonds. The third-order valence-electron chi connectivity index (χ3n) is 5.13. The number of allylic oxidation sites excluding steroid dienone is 1. The minimum absolute atomic E-state index is 0.0198. The van der Waals surface area contributed by atoms with Crippen molar-refractivity contribution < 1.29 is 19.4 Å². The molecule has 152 valence electrons. The van der Waals surface area contributed by atoms with Crippen LogP contribution >= 0.6 is 15.9 Å². The molecule has 1 heterocycles. The molecule has 0 unspecified atom stereocenters. The highest BCUT2D eigenvalue weighted by molar-refractivity contribution is 9.10. The van der Waals surface area contributed by atoms with E-state index in [4.69, 9.17) is 14.6 Å². The highest BCUT2D eigenvalue weighted by Gasteiger charge is 2.31. The van der Waals surface area contributed by atoms with Gasteiger partial charge < -0.3 is 19.9 Å². The molecule has 2 N–H and O–H groups in total. The topological polar surface area (TPSA) is 67.8 Å². The van der Waals surface area contributed by atoms with Crippen molar-refractivity contribution in [3.05, 3.63) is 81.5 Å². The molecule has 2 aromatic rings. The normalized spacial score (nSPS) is 21.2. The van der Waals surface area contributed by atoms with Crippen molar-refractivity contribution in [3.8, 4) is 0 Å². The Morgan fingerprint density at radius 3 is 2.45 bits per heavy atom. The van der Waals surface area contributed by atoms with Gasteiger partial charge in [0.05, 0.1) is 13.2 Å². The number of benzene rings is 2. The minimum Gasteiger partial charge on any atom is -0.459 e. The summed E-state index contributed by atoms with van der Waals surface area (Å²) in [6.07, 6.45) is 4.08. The van der Waals surface area contributed by atoms with E-state index in [2.05, 4.69) is 33.4 Å². The number of rotatable bonds is 7. The molecule has 2 atom stereocenters. The first-order valence-corrected chi connectivity index (χ1v) is 10.6. The van der Waals surface area contributed by atoms with Crippen molar-refractivity contribution in [2.75, 3.05) is 0 Å². The third-order valence-corrected chi connectivity index (χ3v) is 5.66. The number of nitrogens with one attached hydrogen (secondary N) is 1. The monoisotopic (exact) mass is 457 g/mol. The number of aliphatic hydroxyl groups excluding tert-OH is 1. The molecule has 1 aliphatic heterocycles. The van der Waals surface area contributed by atoms with Gasteiger partial charge in [0.1, 0.15) is 0 Å². The first kappa shape index (κ1) is 20.1. The number of aliphatic hydroxyl groups is 1. The van der Waals surface area contributed by atoms with Crippen LogP contribution < -0.4 is 5.32 Å². The van der Waals surface area contributed by atoms with Gasteiger partial charge in [-0.05, 0) is 47.7 Å². The molecule has 2 aromatic carbocycles. The SMILES string of the molecule is O=C(NC1CC1)C1=C[C@H](c2ccc(Br)cc2)C[C@H](OCc2ccc(CO)cc2)O1.